The average molecular weight is 281 g/mol. The van der Waals surface area contributed by atoms with Gasteiger partial charge in [-0.2, -0.15) is 0 Å². The molecule has 0 fully saturated rings. The SMILES string of the molecule is CCCCCCCCCCc1ccccc1C(=O)Cl. The Morgan fingerprint density at radius 2 is 1.53 bits per heavy atom. The van der Waals surface area contributed by atoms with Crippen LogP contribution in [0.5, 0.6) is 0 Å². The fourth-order valence-electron chi connectivity index (χ4n) is 2.38. The van der Waals surface area contributed by atoms with Gasteiger partial charge in [0.2, 0.25) is 0 Å². The van der Waals surface area contributed by atoms with E-state index in [4.69, 9.17) is 11.6 Å². The van der Waals surface area contributed by atoms with Gasteiger partial charge in [-0.15, -0.1) is 0 Å². The summed E-state index contributed by atoms with van der Waals surface area (Å²) in [6, 6.07) is 7.67. The zero-order valence-electron chi connectivity index (χ0n) is 12.0. The minimum Gasteiger partial charge on any atom is -0.276 e. The van der Waals surface area contributed by atoms with Crippen molar-refractivity contribution < 1.29 is 4.79 Å². The van der Waals surface area contributed by atoms with Gasteiger partial charge in [-0.3, -0.25) is 4.79 Å². The molecule has 1 rings (SSSR count). The lowest BCUT2D eigenvalue weighted by molar-refractivity contribution is 0.108. The number of carbonyl (C=O) groups excluding carboxylic acids is 1. The highest BCUT2D eigenvalue weighted by Crippen LogP contribution is 2.16. The van der Waals surface area contributed by atoms with E-state index in [0.29, 0.717) is 5.56 Å². The third-order valence-electron chi connectivity index (χ3n) is 3.53. The molecule has 0 aliphatic carbocycles. The van der Waals surface area contributed by atoms with Gasteiger partial charge < -0.3 is 0 Å². The largest absolute Gasteiger partial charge is 0.276 e. The molecular formula is C17H25ClO. The van der Waals surface area contributed by atoms with Crippen LogP contribution in [-0.4, -0.2) is 5.24 Å². The molecule has 0 aromatic heterocycles. The molecule has 0 spiro atoms. The topological polar surface area (TPSA) is 17.1 Å². The first-order chi connectivity index (χ1) is 9.25. The van der Waals surface area contributed by atoms with Crippen molar-refractivity contribution in [1.82, 2.24) is 0 Å². The number of benzene rings is 1. The van der Waals surface area contributed by atoms with E-state index in [1.54, 1.807) is 0 Å². The smallest absolute Gasteiger partial charge is 0.252 e. The third kappa shape index (κ3) is 6.77. The van der Waals surface area contributed by atoms with E-state index in [2.05, 4.69) is 6.92 Å². The Hall–Kier alpha value is -0.820. The zero-order chi connectivity index (χ0) is 13.9. The quantitative estimate of drug-likeness (QED) is 0.394. The molecule has 0 radical (unpaired) electrons. The number of hydrogen-bond acceptors (Lipinski definition) is 1. The monoisotopic (exact) mass is 280 g/mol. The van der Waals surface area contributed by atoms with Crippen molar-refractivity contribution in [2.75, 3.05) is 0 Å². The lowest BCUT2D eigenvalue weighted by atomic mass is 10.0. The molecular weight excluding hydrogens is 256 g/mol. The van der Waals surface area contributed by atoms with Gasteiger partial charge in [-0.1, -0.05) is 70.1 Å². The standard InChI is InChI=1S/C17H25ClO/c1-2-3-4-5-6-7-8-9-12-15-13-10-11-14-16(15)17(18)19/h10-11,13-14H,2-9,12H2,1H3. The van der Waals surface area contributed by atoms with Gasteiger partial charge in [0.15, 0.2) is 0 Å². The highest BCUT2D eigenvalue weighted by Gasteiger charge is 2.07. The Labute approximate surface area is 122 Å². The second kappa shape index (κ2) is 10.0. The number of unbranched alkanes of at least 4 members (excludes halogenated alkanes) is 7. The molecule has 0 saturated carbocycles. The Morgan fingerprint density at radius 3 is 2.16 bits per heavy atom. The minimum absolute atomic E-state index is 0.338. The Balaban J connectivity index is 2.17. The van der Waals surface area contributed by atoms with E-state index in [-0.39, 0.29) is 5.24 Å². The van der Waals surface area contributed by atoms with Gasteiger partial charge in [-0.05, 0) is 36.1 Å². The number of rotatable bonds is 10. The van der Waals surface area contributed by atoms with E-state index in [1.807, 2.05) is 24.3 Å². The molecule has 0 amide bonds. The molecule has 0 heterocycles. The van der Waals surface area contributed by atoms with Crippen molar-refractivity contribution >= 4 is 16.8 Å². The van der Waals surface area contributed by atoms with Crippen LogP contribution in [0.15, 0.2) is 24.3 Å². The van der Waals surface area contributed by atoms with E-state index in [1.165, 1.54) is 44.9 Å². The van der Waals surface area contributed by atoms with Crippen molar-refractivity contribution in [3.05, 3.63) is 35.4 Å². The second-order valence-corrected chi connectivity index (χ2v) is 5.50. The van der Waals surface area contributed by atoms with Crippen LogP contribution in [0.3, 0.4) is 0 Å². The Morgan fingerprint density at radius 1 is 0.947 bits per heavy atom. The van der Waals surface area contributed by atoms with Crippen LogP contribution >= 0.6 is 11.6 Å². The molecule has 0 atom stereocenters. The molecule has 0 aliphatic heterocycles. The molecule has 0 unspecified atom stereocenters. The first-order valence-electron chi connectivity index (χ1n) is 7.53. The fourth-order valence-corrected chi connectivity index (χ4v) is 2.56. The summed E-state index contributed by atoms with van der Waals surface area (Å²) in [7, 11) is 0. The molecule has 1 aromatic carbocycles. The molecule has 2 heteroatoms. The summed E-state index contributed by atoms with van der Waals surface area (Å²) >= 11 is 5.58. The van der Waals surface area contributed by atoms with Crippen molar-refractivity contribution in [2.24, 2.45) is 0 Å². The first-order valence-corrected chi connectivity index (χ1v) is 7.91. The summed E-state index contributed by atoms with van der Waals surface area (Å²) in [6.07, 6.45) is 11.4. The van der Waals surface area contributed by atoms with Gasteiger partial charge in [0.1, 0.15) is 0 Å². The van der Waals surface area contributed by atoms with Gasteiger partial charge in [0, 0.05) is 5.56 Å². The predicted molar refractivity (Wildman–Crippen MR) is 82.9 cm³/mol. The Kier molecular flexibility index (Phi) is 8.57. The van der Waals surface area contributed by atoms with Crippen LogP contribution in [0, 0.1) is 0 Å². The Bertz CT molecular complexity index is 373. The fraction of sp³-hybridized carbons (Fsp3) is 0.588. The maximum absolute atomic E-state index is 11.3. The summed E-state index contributed by atoms with van der Waals surface area (Å²) in [5.74, 6) is 0. The number of aryl methyl sites for hydroxylation is 1. The average Bonchev–Trinajstić information content (AvgIpc) is 2.42. The predicted octanol–water partition coefficient (Wildman–Crippen LogP) is 5.75. The van der Waals surface area contributed by atoms with Crippen LogP contribution in [0.25, 0.3) is 0 Å². The molecule has 19 heavy (non-hydrogen) atoms. The van der Waals surface area contributed by atoms with Crippen molar-refractivity contribution in [3.63, 3.8) is 0 Å². The molecule has 0 bridgehead atoms. The van der Waals surface area contributed by atoms with Crippen molar-refractivity contribution in [1.29, 1.82) is 0 Å². The van der Waals surface area contributed by atoms with E-state index < -0.39 is 0 Å². The number of carbonyl (C=O) groups is 1. The molecule has 0 saturated heterocycles. The summed E-state index contributed by atoms with van der Waals surface area (Å²) in [4.78, 5) is 11.3. The van der Waals surface area contributed by atoms with E-state index >= 15 is 0 Å². The van der Waals surface area contributed by atoms with Crippen LogP contribution in [0.1, 0.15) is 74.2 Å². The second-order valence-electron chi connectivity index (χ2n) is 5.16. The van der Waals surface area contributed by atoms with E-state index in [9.17, 15) is 4.79 Å². The van der Waals surface area contributed by atoms with Crippen LogP contribution in [-0.2, 0) is 6.42 Å². The zero-order valence-corrected chi connectivity index (χ0v) is 12.7. The third-order valence-corrected chi connectivity index (χ3v) is 3.73. The van der Waals surface area contributed by atoms with Crippen LogP contribution in [0.2, 0.25) is 0 Å². The van der Waals surface area contributed by atoms with Crippen LogP contribution in [0.4, 0.5) is 0 Å². The molecule has 106 valence electrons. The number of halogens is 1. The van der Waals surface area contributed by atoms with Gasteiger partial charge >= 0.3 is 0 Å². The number of hydrogen-bond donors (Lipinski definition) is 0. The maximum Gasteiger partial charge on any atom is 0.252 e. The summed E-state index contributed by atoms with van der Waals surface area (Å²) < 4.78 is 0. The lowest BCUT2D eigenvalue weighted by Gasteiger charge is -2.06. The molecule has 0 aliphatic rings. The van der Waals surface area contributed by atoms with Crippen molar-refractivity contribution in [3.8, 4) is 0 Å². The molecule has 1 aromatic rings. The summed E-state index contributed by atoms with van der Waals surface area (Å²) in [5, 5.41) is -0.338. The summed E-state index contributed by atoms with van der Waals surface area (Å²) in [6.45, 7) is 2.25. The first kappa shape index (κ1) is 16.2. The normalized spacial score (nSPS) is 10.6. The van der Waals surface area contributed by atoms with Crippen molar-refractivity contribution in [2.45, 2.75) is 64.7 Å². The van der Waals surface area contributed by atoms with Gasteiger partial charge in [0.25, 0.3) is 5.24 Å². The molecule has 0 N–H and O–H groups in total. The van der Waals surface area contributed by atoms with E-state index in [0.717, 1.165) is 18.4 Å². The molecule has 1 nitrogen and oxygen atoms in total. The van der Waals surface area contributed by atoms with Gasteiger partial charge in [0.05, 0.1) is 0 Å². The maximum atomic E-state index is 11.3. The van der Waals surface area contributed by atoms with Gasteiger partial charge in [-0.25, -0.2) is 0 Å². The minimum atomic E-state index is -0.338. The highest BCUT2D eigenvalue weighted by molar-refractivity contribution is 6.67. The highest BCUT2D eigenvalue weighted by atomic mass is 35.5. The lowest BCUT2D eigenvalue weighted by Crippen LogP contribution is -1.97. The van der Waals surface area contributed by atoms with Crippen LogP contribution < -0.4 is 0 Å². The summed E-state index contributed by atoms with van der Waals surface area (Å²) in [5.41, 5.74) is 1.76.